The van der Waals surface area contributed by atoms with Crippen molar-refractivity contribution in [2.75, 3.05) is 22.9 Å². The van der Waals surface area contributed by atoms with Crippen molar-refractivity contribution in [3.05, 3.63) is 28.3 Å². The number of nitrogens with zero attached hydrogens (tertiary/aromatic N) is 3. The lowest BCUT2D eigenvalue weighted by Gasteiger charge is -2.32. The molecule has 1 aromatic carbocycles. The minimum Gasteiger partial charge on any atom is -0.369 e. The van der Waals surface area contributed by atoms with Gasteiger partial charge >= 0.3 is 0 Å². The molecule has 0 bridgehead atoms. The second kappa shape index (κ2) is 7.46. The molecule has 9 heteroatoms. The zero-order valence-electron chi connectivity index (χ0n) is 16.1. The number of nitrogens with two attached hydrogens (primary N) is 1. The van der Waals surface area contributed by atoms with Crippen LogP contribution in [0.15, 0.2) is 18.2 Å². The predicted molar refractivity (Wildman–Crippen MR) is 105 cm³/mol. The normalized spacial score (nSPS) is 25.2. The van der Waals surface area contributed by atoms with Gasteiger partial charge in [0.05, 0.1) is 22.4 Å². The van der Waals surface area contributed by atoms with Gasteiger partial charge in [0.25, 0.3) is 5.69 Å². The van der Waals surface area contributed by atoms with Crippen molar-refractivity contribution in [2.24, 2.45) is 23.5 Å². The molecular formula is C20H24N4O5. The molecule has 0 aromatic heterocycles. The zero-order valence-corrected chi connectivity index (χ0v) is 16.1. The van der Waals surface area contributed by atoms with Crippen LogP contribution in [0.4, 0.5) is 17.1 Å². The van der Waals surface area contributed by atoms with Gasteiger partial charge in [-0.15, -0.1) is 0 Å². The number of carbonyl (C=O) groups excluding carboxylic acids is 3. The number of hydrogen-bond donors (Lipinski definition) is 1. The Bertz CT molecular complexity index is 854. The SMILES string of the molecule is NC(=O)C1CCN(c2ccc(N3C(=O)C4CCCCC4C3=O)cc2[N+](=O)[O-])CC1. The molecule has 2 unspecified atom stereocenters. The smallest absolute Gasteiger partial charge is 0.294 e. The van der Waals surface area contributed by atoms with Gasteiger partial charge in [-0.2, -0.15) is 0 Å². The summed E-state index contributed by atoms with van der Waals surface area (Å²) in [7, 11) is 0. The average molecular weight is 400 g/mol. The molecule has 4 rings (SSSR count). The Balaban J connectivity index is 1.62. The highest BCUT2D eigenvalue weighted by Crippen LogP contribution is 2.42. The van der Waals surface area contributed by atoms with E-state index in [0.29, 0.717) is 44.5 Å². The Morgan fingerprint density at radius 1 is 1.03 bits per heavy atom. The average Bonchev–Trinajstić information content (AvgIpc) is 2.98. The Morgan fingerprint density at radius 3 is 2.14 bits per heavy atom. The lowest BCUT2D eigenvalue weighted by atomic mass is 9.81. The van der Waals surface area contributed by atoms with Crippen molar-refractivity contribution in [2.45, 2.75) is 38.5 Å². The van der Waals surface area contributed by atoms with E-state index in [2.05, 4.69) is 0 Å². The monoisotopic (exact) mass is 400 g/mol. The van der Waals surface area contributed by atoms with E-state index in [-0.39, 0.29) is 46.9 Å². The van der Waals surface area contributed by atoms with Crippen molar-refractivity contribution in [3.8, 4) is 0 Å². The number of rotatable bonds is 4. The van der Waals surface area contributed by atoms with E-state index >= 15 is 0 Å². The first kappa shape index (κ1) is 19.4. The van der Waals surface area contributed by atoms with Crippen LogP contribution in [0.2, 0.25) is 0 Å². The number of amides is 3. The molecule has 29 heavy (non-hydrogen) atoms. The maximum Gasteiger partial charge on any atom is 0.294 e. The molecule has 2 N–H and O–H groups in total. The van der Waals surface area contributed by atoms with Crippen molar-refractivity contribution in [1.29, 1.82) is 0 Å². The zero-order chi connectivity index (χ0) is 20.7. The first-order valence-electron chi connectivity index (χ1n) is 10.1. The standard InChI is InChI=1S/C20H24N4O5/c21-18(25)12-7-9-22(10-8-12)16-6-5-13(11-17(16)24(28)29)23-19(26)14-3-1-2-4-15(14)20(23)27/h5-6,11-12,14-15H,1-4,7-10H2,(H2,21,25). The fourth-order valence-corrected chi connectivity index (χ4v) is 4.89. The summed E-state index contributed by atoms with van der Waals surface area (Å²) in [5, 5.41) is 11.7. The first-order chi connectivity index (χ1) is 13.9. The summed E-state index contributed by atoms with van der Waals surface area (Å²) in [5.41, 5.74) is 5.91. The highest BCUT2D eigenvalue weighted by molar-refractivity contribution is 6.22. The van der Waals surface area contributed by atoms with Crippen LogP contribution in [0, 0.1) is 27.9 Å². The summed E-state index contributed by atoms with van der Waals surface area (Å²) in [6.45, 7) is 0.971. The fourth-order valence-electron chi connectivity index (χ4n) is 4.89. The number of nitro groups is 1. The molecular weight excluding hydrogens is 376 g/mol. The highest BCUT2D eigenvalue weighted by atomic mass is 16.6. The molecule has 3 aliphatic rings. The van der Waals surface area contributed by atoms with Crippen LogP contribution >= 0.6 is 0 Å². The van der Waals surface area contributed by atoms with Gasteiger partial charge in [0.15, 0.2) is 0 Å². The van der Waals surface area contributed by atoms with Crippen LogP contribution in [0.5, 0.6) is 0 Å². The van der Waals surface area contributed by atoms with Crippen LogP contribution in [0.3, 0.4) is 0 Å². The van der Waals surface area contributed by atoms with Crippen LogP contribution in [-0.2, 0) is 14.4 Å². The van der Waals surface area contributed by atoms with Crippen molar-refractivity contribution in [3.63, 3.8) is 0 Å². The van der Waals surface area contributed by atoms with Crippen LogP contribution < -0.4 is 15.5 Å². The van der Waals surface area contributed by atoms with E-state index in [1.807, 2.05) is 4.90 Å². The number of benzene rings is 1. The molecule has 0 radical (unpaired) electrons. The molecule has 3 amide bonds. The van der Waals surface area contributed by atoms with E-state index in [1.165, 1.54) is 6.07 Å². The van der Waals surface area contributed by atoms with Gasteiger partial charge in [-0.3, -0.25) is 24.5 Å². The molecule has 2 atom stereocenters. The van der Waals surface area contributed by atoms with Gasteiger partial charge < -0.3 is 10.6 Å². The number of carbonyl (C=O) groups is 3. The first-order valence-corrected chi connectivity index (χ1v) is 10.1. The molecule has 154 valence electrons. The predicted octanol–water partition coefficient (Wildman–Crippen LogP) is 1.98. The van der Waals surface area contributed by atoms with Gasteiger partial charge in [0.2, 0.25) is 17.7 Å². The summed E-state index contributed by atoms with van der Waals surface area (Å²) >= 11 is 0. The summed E-state index contributed by atoms with van der Waals surface area (Å²) in [5.74, 6) is -1.66. The Labute approximate surface area is 168 Å². The number of primary amides is 1. The second-order valence-corrected chi connectivity index (χ2v) is 8.10. The van der Waals surface area contributed by atoms with Crippen LogP contribution in [-0.4, -0.2) is 35.7 Å². The van der Waals surface area contributed by atoms with Crippen molar-refractivity contribution < 1.29 is 19.3 Å². The molecule has 3 fully saturated rings. The third-order valence-electron chi connectivity index (χ3n) is 6.49. The molecule has 0 spiro atoms. The largest absolute Gasteiger partial charge is 0.369 e. The number of anilines is 2. The summed E-state index contributed by atoms with van der Waals surface area (Å²) in [4.78, 5) is 51.2. The summed E-state index contributed by atoms with van der Waals surface area (Å²) in [6, 6.07) is 4.53. The maximum absolute atomic E-state index is 12.8. The summed E-state index contributed by atoms with van der Waals surface area (Å²) in [6.07, 6.45) is 4.32. The third-order valence-corrected chi connectivity index (χ3v) is 6.49. The molecule has 2 saturated heterocycles. The molecule has 2 heterocycles. The quantitative estimate of drug-likeness (QED) is 0.468. The third kappa shape index (κ3) is 3.34. The van der Waals surface area contributed by atoms with Gasteiger partial charge in [-0.25, -0.2) is 4.90 Å². The van der Waals surface area contributed by atoms with E-state index < -0.39 is 4.92 Å². The van der Waals surface area contributed by atoms with E-state index in [9.17, 15) is 24.5 Å². The fraction of sp³-hybridized carbons (Fsp3) is 0.550. The lowest BCUT2D eigenvalue weighted by Crippen LogP contribution is -2.38. The number of piperidine rings is 1. The maximum atomic E-state index is 12.8. The van der Waals surface area contributed by atoms with Gasteiger partial charge in [-0.05, 0) is 37.8 Å². The topological polar surface area (TPSA) is 127 Å². The highest BCUT2D eigenvalue weighted by Gasteiger charge is 2.49. The lowest BCUT2D eigenvalue weighted by molar-refractivity contribution is -0.384. The van der Waals surface area contributed by atoms with Crippen molar-refractivity contribution >= 4 is 34.8 Å². The number of fused-ring (bicyclic) bond motifs is 1. The van der Waals surface area contributed by atoms with Crippen LogP contribution in [0.1, 0.15) is 38.5 Å². The van der Waals surface area contributed by atoms with Gasteiger partial charge in [-0.1, -0.05) is 12.8 Å². The number of hydrogen-bond acceptors (Lipinski definition) is 6. The Hall–Kier alpha value is -2.97. The number of nitro benzene ring substituents is 1. The Morgan fingerprint density at radius 2 is 1.62 bits per heavy atom. The number of imide groups is 1. The Kier molecular flexibility index (Phi) is 4.97. The second-order valence-electron chi connectivity index (χ2n) is 8.10. The summed E-state index contributed by atoms with van der Waals surface area (Å²) < 4.78 is 0. The minimum absolute atomic E-state index is 0.143. The van der Waals surface area contributed by atoms with Gasteiger partial charge in [0.1, 0.15) is 5.69 Å². The van der Waals surface area contributed by atoms with E-state index in [4.69, 9.17) is 5.73 Å². The van der Waals surface area contributed by atoms with E-state index in [0.717, 1.165) is 17.7 Å². The molecule has 2 aliphatic heterocycles. The van der Waals surface area contributed by atoms with Gasteiger partial charge in [0, 0.05) is 25.1 Å². The van der Waals surface area contributed by atoms with E-state index in [1.54, 1.807) is 12.1 Å². The molecule has 1 aliphatic carbocycles. The minimum atomic E-state index is -0.489. The van der Waals surface area contributed by atoms with Crippen LogP contribution in [0.25, 0.3) is 0 Å². The van der Waals surface area contributed by atoms with Crippen molar-refractivity contribution in [1.82, 2.24) is 0 Å². The molecule has 1 aromatic rings. The molecule has 9 nitrogen and oxygen atoms in total. The molecule has 1 saturated carbocycles.